The molecule has 1 aromatic rings. The fourth-order valence-electron chi connectivity index (χ4n) is 2.31. The van der Waals surface area contributed by atoms with E-state index in [1.807, 2.05) is 19.9 Å². The van der Waals surface area contributed by atoms with Crippen molar-refractivity contribution in [1.29, 1.82) is 0 Å². The molecule has 1 fully saturated rings. The highest BCUT2D eigenvalue weighted by Crippen LogP contribution is 2.19. The zero-order valence-electron chi connectivity index (χ0n) is 11.6. The largest absolute Gasteiger partial charge is 0.363 e. The minimum Gasteiger partial charge on any atom is -0.363 e. The Labute approximate surface area is 113 Å². The van der Waals surface area contributed by atoms with Crippen molar-refractivity contribution in [2.75, 3.05) is 26.7 Å². The van der Waals surface area contributed by atoms with Gasteiger partial charge < -0.3 is 10.1 Å². The molecule has 0 saturated carbocycles. The maximum Gasteiger partial charge on any atom is 0.253 e. The molecule has 1 atom stereocenters. The van der Waals surface area contributed by atoms with E-state index in [4.69, 9.17) is 4.74 Å². The first-order chi connectivity index (χ1) is 9.03. The van der Waals surface area contributed by atoms with Crippen molar-refractivity contribution < 1.29 is 9.53 Å². The first-order valence-electron chi connectivity index (χ1n) is 6.40. The van der Waals surface area contributed by atoms with Gasteiger partial charge in [-0.3, -0.25) is 9.69 Å². The molecule has 0 radical (unpaired) electrons. The number of hydrogen-bond acceptors (Lipinski definition) is 5. The molecule has 0 aliphatic carbocycles. The Hall–Kier alpha value is -1.53. The average molecular weight is 264 g/mol. The number of nitrogens with one attached hydrogen (secondary N) is 1. The molecule has 6 heteroatoms. The standard InChI is InChI=1S/C13H20N4O2/c1-10-15-5-4-11(16-10)8-17-6-7-19-13(2,9-17)12(18)14-3/h4-5H,6-9H2,1-3H3,(H,14,18). The summed E-state index contributed by atoms with van der Waals surface area (Å²) in [5, 5.41) is 2.65. The number of carbonyl (C=O) groups is 1. The Morgan fingerprint density at radius 1 is 1.63 bits per heavy atom. The van der Waals surface area contributed by atoms with E-state index in [1.54, 1.807) is 13.2 Å². The third-order valence-electron chi connectivity index (χ3n) is 3.28. The second-order valence-electron chi connectivity index (χ2n) is 4.96. The normalized spacial score (nSPS) is 24.2. The molecule has 19 heavy (non-hydrogen) atoms. The molecule has 1 N–H and O–H groups in total. The van der Waals surface area contributed by atoms with Crippen LogP contribution >= 0.6 is 0 Å². The lowest BCUT2D eigenvalue weighted by atomic mass is 10.0. The van der Waals surface area contributed by atoms with Crippen molar-refractivity contribution in [3.63, 3.8) is 0 Å². The smallest absolute Gasteiger partial charge is 0.253 e. The maximum absolute atomic E-state index is 11.9. The molecule has 1 aromatic heterocycles. The van der Waals surface area contributed by atoms with E-state index in [2.05, 4.69) is 20.2 Å². The summed E-state index contributed by atoms with van der Waals surface area (Å²) in [7, 11) is 1.63. The molecule has 0 bridgehead atoms. The summed E-state index contributed by atoms with van der Waals surface area (Å²) in [4.78, 5) is 22.5. The van der Waals surface area contributed by atoms with Crippen LogP contribution < -0.4 is 5.32 Å². The zero-order valence-corrected chi connectivity index (χ0v) is 11.6. The summed E-state index contributed by atoms with van der Waals surface area (Å²) < 4.78 is 5.62. The molecule has 104 valence electrons. The van der Waals surface area contributed by atoms with Crippen LogP contribution in [0.2, 0.25) is 0 Å². The van der Waals surface area contributed by atoms with Crippen LogP contribution in [0.1, 0.15) is 18.4 Å². The molecule has 2 heterocycles. The molecular weight excluding hydrogens is 244 g/mol. The van der Waals surface area contributed by atoms with Gasteiger partial charge >= 0.3 is 0 Å². The predicted molar refractivity (Wildman–Crippen MR) is 70.5 cm³/mol. The SMILES string of the molecule is CNC(=O)C1(C)CN(Cc2ccnc(C)n2)CCO1. The third kappa shape index (κ3) is 3.27. The Morgan fingerprint density at radius 3 is 3.11 bits per heavy atom. The number of amides is 1. The highest BCUT2D eigenvalue weighted by Gasteiger charge is 2.38. The summed E-state index contributed by atoms with van der Waals surface area (Å²) >= 11 is 0. The predicted octanol–water partition coefficient (Wildman–Crippen LogP) is 0.122. The van der Waals surface area contributed by atoms with Gasteiger partial charge in [0.2, 0.25) is 0 Å². The van der Waals surface area contributed by atoms with E-state index in [-0.39, 0.29) is 5.91 Å². The maximum atomic E-state index is 11.9. The molecule has 0 spiro atoms. The summed E-state index contributed by atoms with van der Waals surface area (Å²) in [5.41, 5.74) is 0.184. The molecule has 6 nitrogen and oxygen atoms in total. The van der Waals surface area contributed by atoms with E-state index in [0.29, 0.717) is 19.7 Å². The van der Waals surface area contributed by atoms with E-state index in [9.17, 15) is 4.79 Å². The van der Waals surface area contributed by atoms with E-state index in [0.717, 1.165) is 18.1 Å². The molecule has 1 unspecified atom stereocenters. The minimum atomic E-state index is -0.783. The second-order valence-corrected chi connectivity index (χ2v) is 4.96. The van der Waals surface area contributed by atoms with Gasteiger partial charge in [-0.15, -0.1) is 0 Å². The first kappa shape index (κ1) is 13.9. The van der Waals surface area contributed by atoms with Crippen molar-refractivity contribution in [3.8, 4) is 0 Å². The number of hydrogen-bond donors (Lipinski definition) is 1. The number of likely N-dealkylation sites (N-methyl/N-ethyl adjacent to an activating group) is 1. The molecule has 0 aromatic carbocycles. The molecular formula is C13H20N4O2. The van der Waals surface area contributed by atoms with Gasteiger partial charge in [-0.25, -0.2) is 9.97 Å². The van der Waals surface area contributed by atoms with Crippen molar-refractivity contribution in [3.05, 3.63) is 23.8 Å². The summed E-state index contributed by atoms with van der Waals surface area (Å²) in [5.74, 6) is 0.677. The highest BCUT2D eigenvalue weighted by molar-refractivity contribution is 5.84. The van der Waals surface area contributed by atoms with Gasteiger partial charge in [-0.1, -0.05) is 0 Å². The second kappa shape index (κ2) is 5.63. The van der Waals surface area contributed by atoms with Crippen LogP contribution in [-0.2, 0) is 16.1 Å². The van der Waals surface area contributed by atoms with Gasteiger partial charge in [0.25, 0.3) is 5.91 Å². The number of rotatable bonds is 3. The number of ether oxygens (including phenoxy) is 1. The monoisotopic (exact) mass is 264 g/mol. The molecule has 1 saturated heterocycles. The number of nitrogens with zero attached hydrogens (tertiary/aromatic N) is 3. The summed E-state index contributed by atoms with van der Waals surface area (Å²) in [6.07, 6.45) is 1.76. The Kier molecular flexibility index (Phi) is 4.11. The average Bonchev–Trinajstić information content (AvgIpc) is 2.38. The van der Waals surface area contributed by atoms with E-state index in [1.165, 1.54) is 0 Å². The molecule has 1 aliphatic rings. The van der Waals surface area contributed by atoms with Crippen LogP contribution in [0, 0.1) is 6.92 Å². The van der Waals surface area contributed by atoms with Crippen LogP contribution in [0.25, 0.3) is 0 Å². The molecule has 1 amide bonds. The quantitative estimate of drug-likeness (QED) is 0.840. The van der Waals surface area contributed by atoms with Crippen LogP contribution in [0.3, 0.4) is 0 Å². The lowest BCUT2D eigenvalue weighted by molar-refractivity contribution is -0.156. The van der Waals surface area contributed by atoms with Crippen LogP contribution in [0.15, 0.2) is 12.3 Å². The lowest BCUT2D eigenvalue weighted by Crippen LogP contribution is -2.57. The van der Waals surface area contributed by atoms with Gasteiger partial charge in [0.1, 0.15) is 5.82 Å². The highest BCUT2D eigenvalue weighted by atomic mass is 16.5. The van der Waals surface area contributed by atoms with E-state index >= 15 is 0 Å². The fourth-order valence-corrected chi connectivity index (χ4v) is 2.31. The van der Waals surface area contributed by atoms with Gasteiger partial charge in [-0.05, 0) is 19.9 Å². The molecule has 2 rings (SSSR count). The third-order valence-corrected chi connectivity index (χ3v) is 3.28. The van der Waals surface area contributed by atoms with Crippen molar-refractivity contribution in [2.24, 2.45) is 0 Å². The number of carbonyl (C=O) groups excluding carboxylic acids is 1. The van der Waals surface area contributed by atoms with Crippen LogP contribution in [0.5, 0.6) is 0 Å². The Balaban J connectivity index is 2.04. The first-order valence-corrected chi connectivity index (χ1v) is 6.40. The number of morpholine rings is 1. The molecule has 1 aliphatic heterocycles. The number of aryl methyl sites for hydroxylation is 1. The van der Waals surface area contributed by atoms with Gasteiger partial charge in [0, 0.05) is 32.9 Å². The Bertz CT molecular complexity index is 466. The summed E-state index contributed by atoms with van der Waals surface area (Å²) in [6, 6.07) is 1.90. The van der Waals surface area contributed by atoms with E-state index < -0.39 is 5.60 Å². The topological polar surface area (TPSA) is 67.4 Å². The lowest BCUT2D eigenvalue weighted by Gasteiger charge is -2.38. The van der Waals surface area contributed by atoms with Crippen LogP contribution in [-0.4, -0.2) is 53.1 Å². The van der Waals surface area contributed by atoms with Crippen molar-refractivity contribution >= 4 is 5.91 Å². The summed E-state index contributed by atoms with van der Waals surface area (Å²) in [6.45, 7) is 6.32. The number of aromatic nitrogens is 2. The zero-order chi connectivity index (χ0) is 13.9. The minimum absolute atomic E-state index is 0.0870. The van der Waals surface area contributed by atoms with Crippen molar-refractivity contribution in [1.82, 2.24) is 20.2 Å². The van der Waals surface area contributed by atoms with Gasteiger partial charge in [0.15, 0.2) is 5.60 Å². The Morgan fingerprint density at radius 2 is 2.42 bits per heavy atom. The fraction of sp³-hybridized carbons (Fsp3) is 0.615. The van der Waals surface area contributed by atoms with Crippen LogP contribution in [0.4, 0.5) is 0 Å². The van der Waals surface area contributed by atoms with Gasteiger partial charge in [0.05, 0.1) is 12.3 Å². The van der Waals surface area contributed by atoms with Gasteiger partial charge in [-0.2, -0.15) is 0 Å². The van der Waals surface area contributed by atoms with Crippen molar-refractivity contribution in [2.45, 2.75) is 26.0 Å².